The molecule has 30 heavy (non-hydrogen) atoms. The van der Waals surface area contributed by atoms with E-state index in [4.69, 9.17) is 9.47 Å². The average molecular weight is 473 g/mol. The third-order valence-electron chi connectivity index (χ3n) is 5.00. The number of rotatable bonds is 6. The monoisotopic (exact) mass is 472 g/mol. The molecule has 2 aromatic carbocycles. The van der Waals surface area contributed by atoms with Crippen molar-refractivity contribution in [3.63, 3.8) is 0 Å². The Morgan fingerprint density at radius 3 is 2.60 bits per heavy atom. The Morgan fingerprint density at radius 2 is 1.90 bits per heavy atom. The summed E-state index contributed by atoms with van der Waals surface area (Å²) in [4.78, 5) is 24.8. The number of nitrogens with one attached hydrogen (secondary N) is 2. The predicted octanol–water partition coefficient (Wildman–Crippen LogP) is 4.84. The van der Waals surface area contributed by atoms with Crippen molar-refractivity contribution in [2.75, 3.05) is 6.61 Å². The summed E-state index contributed by atoms with van der Waals surface area (Å²) in [6.07, 6.45) is 0. The van der Waals surface area contributed by atoms with Gasteiger partial charge in [0.2, 0.25) is 0 Å². The fourth-order valence-electron chi connectivity index (χ4n) is 3.54. The topological polar surface area (TPSA) is 76.7 Å². The highest BCUT2D eigenvalue weighted by molar-refractivity contribution is 9.10. The normalized spacial score (nSPS) is 16.0. The summed E-state index contributed by atoms with van der Waals surface area (Å²) < 4.78 is 12.1. The second kappa shape index (κ2) is 9.34. The minimum atomic E-state index is -0.597. The number of amides is 2. The highest BCUT2D eigenvalue weighted by Crippen LogP contribution is 2.33. The van der Waals surface area contributed by atoms with Gasteiger partial charge >= 0.3 is 12.0 Å². The van der Waals surface area contributed by atoms with Gasteiger partial charge in [-0.05, 0) is 72.4 Å². The van der Waals surface area contributed by atoms with Gasteiger partial charge in [0.25, 0.3) is 0 Å². The van der Waals surface area contributed by atoms with Crippen LogP contribution in [0.15, 0.2) is 52.1 Å². The van der Waals surface area contributed by atoms with Gasteiger partial charge in [0.15, 0.2) is 0 Å². The van der Waals surface area contributed by atoms with Crippen molar-refractivity contribution in [1.29, 1.82) is 0 Å². The molecule has 3 rings (SSSR count). The van der Waals surface area contributed by atoms with Crippen LogP contribution >= 0.6 is 15.9 Å². The molecule has 0 fully saturated rings. The Balaban J connectivity index is 1.98. The van der Waals surface area contributed by atoms with Crippen LogP contribution in [0.2, 0.25) is 0 Å². The number of urea groups is 1. The minimum Gasteiger partial charge on any atom is -0.488 e. The maximum atomic E-state index is 12.6. The molecular weight excluding hydrogens is 448 g/mol. The number of esters is 1. The summed E-state index contributed by atoms with van der Waals surface area (Å²) in [7, 11) is 0. The first-order chi connectivity index (χ1) is 14.3. The van der Waals surface area contributed by atoms with E-state index in [2.05, 4.69) is 32.6 Å². The summed E-state index contributed by atoms with van der Waals surface area (Å²) >= 11 is 3.49. The van der Waals surface area contributed by atoms with E-state index in [1.54, 1.807) is 13.8 Å². The van der Waals surface area contributed by atoms with Crippen LogP contribution in [0.25, 0.3) is 0 Å². The Labute approximate surface area is 184 Å². The molecule has 0 spiro atoms. The van der Waals surface area contributed by atoms with Crippen LogP contribution in [0, 0.1) is 13.8 Å². The fraction of sp³-hybridized carbons (Fsp3) is 0.304. The smallest absolute Gasteiger partial charge is 0.338 e. The summed E-state index contributed by atoms with van der Waals surface area (Å²) in [5.74, 6) is 0.303. The third-order valence-corrected chi connectivity index (χ3v) is 5.65. The molecule has 6 nitrogen and oxygen atoms in total. The van der Waals surface area contributed by atoms with Crippen molar-refractivity contribution in [2.24, 2.45) is 0 Å². The molecule has 0 saturated carbocycles. The van der Waals surface area contributed by atoms with Gasteiger partial charge in [0, 0.05) is 5.70 Å². The lowest BCUT2D eigenvalue weighted by Gasteiger charge is -2.30. The number of benzene rings is 2. The zero-order valence-corrected chi connectivity index (χ0v) is 19.1. The fourth-order valence-corrected chi connectivity index (χ4v) is 3.94. The number of hydrogen-bond donors (Lipinski definition) is 2. The number of para-hydroxylation sites is 1. The van der Waals surface area contributed by atoms with Crippen molar-refractivity contribution in [3.05, 3.63) is 74.4 Å². The van der Waals surface area contributed by atoms with Crippen LogP contribution in [0.3, 0.4) is 0 Å². The largest absolute Gasteiger partial charge is 0.488 e. The standard InChI is InChI=1S/C23H25BrN2O4/c1-5-29-22(27)20-15(4)25-23(28)26-21(20)17-11-13(2)10-16(14(17)3)12-30-19-9-7-6-8-18(19)24/h6-11,21H,5,12H2,1-4H3,(H2,25,26,28). The second-order valence-electron chi connectivity index (χ2n) is 7.15. The van der Waals surface area contributed by atoms with Crippen molar-refractivity contribution in [3.8, 4) is 5.75 Å². The van der Waals surface area contributed by atoms with Crippen LogP contribution < -0.4 is 15.4 Å². The van der Waals surface area contributed by atoms with Crippen LogP contribution in [0.5, 0.6) is 5.75 Å². The summed E-state index contributed by atoms with van der Waals surface area (Å²) in [6, 6.07) is 10.8. The first-order valence-corrected chi connectivity index (χ1v) is 10.5. The highest BCUT2D eigenvalue weighted by Gasteiger charge is 2.33. The molecule has 0 saturated heterocycles. The van der Waals surface area contributed by atoms with Crippen LogP contribution in [-0.2, 0) is 16.1 Å². The molecule has 0 aliphatic carbocycles. The number of halogens is 1. The molecule has 1 aliphatic heterocycles. The Kier molecular flexibility index (Phi) is 6.82. The van der Waals surface area contributed by atoms with Gasteiger partial charge in [-0.1, -0.05) is 29.8 Å². The number of ether oxygens (including phenoxy) is 2. The van der Waals surface area contributed by atoms with E-state index in [1.165, 1.54) is 0 Å². The molecule has 0 bridgehead atoms. The highest BCUT2D eigenvalue weighted by atomic mass is 79.9. The molecule has 158 valence electrons. The molecule has 7 heteroatoms. The molecule has 1 unspecified atom stereocenters. The van der Waals surface area contributed by atoms with Gasteiger partial charge in [-0.2, -0.15) is 0 Å². The van der Waals surface area contributed by atoms with Crippen LogP contribution in [0.1, 0.15) is 42.1 Å². The number of hydrogen-bond acceptors (Lipinski definition) is 4. The number of carbonyl (C=O) groups is 2. The van der Waals surface area contributed by atoms with Crippen molar-refractivity contribution >= 4 is 27.9 Å². The number of allylic oxidation sites excluding steroid dienone is 1. The number of aryl methyl sites for hydroxylation is 1. The summed E-state index contributed by atoms with van der Waals surface area (Å²) in [5.41, 5.74) is 4.69. The average Bonchev–Trinajstić information content (AvgIpc) is 2.69. The second-order valence-corrected chi connectivity index (χ2v) is 8.00. The predicted molar refractivity (Wildman–Crippen MR) is 118 cm³/mol. The van der Waals surface area contributed by atoms with E-state index in [0.29, 0.717) is 17.9 Å². The zero-order chi connectivity index (χ0) is 21.8. The summed E-state index contributed by atoms with van der Waals surface area (Å²) in [6.45, 7) is 8.04. The lowest BCUT2D eigenvalue weighted by atomic mass is 9.89. The van der Waals surface area contributed by atoms with Gasteiger partial charge in [0.1, 0.15) is 12.4 Å². The van der Waals surface area contributed by atoms with E-state index in [9.17, 15) is 9.59 Å². The molecule has 1 atom stereocenters. The van der Waals surface area contributed by atoms with Crippen LogP contribution in [0.4, 0.5) is 4.79 Å². The van der Waals surface area contributed by atoms with E-state index in [0.717, 1.165) is 32.5 Å². The van der Waals surface area contributed by atoms with Gasteiger partial charge in [-0.15, -0.1) is 0 Å². The molecule has 0 aromatic heterocycles. The number of carbonyl (C=O) groups excluding carboxylic acids is 2. The molecule has 0 radical (unpaired) electrons. The Morgan fingerprint density at radius 1 is 1.17 bits per heavy atom. The van der Waals surface area contributed by atoms with Crippen molar-refractivity contribution in [2.45, 2.75) is 40.3 Å². The molecule has 1 heterocycles. The third kappa shape index (κ3) is 4.67. The first kappa shape index (κ1) is 21.9. The van der Waals surface area contributed by atoms with E-state index in [-0.39, 0.29) is 12.6 Å². The molecule has 2 aromatic rings. The maximum Gasteiger partial charge on any atom is 0.338 e. The lowest BCUT2D eigenvalue weighted by Crippen LogP contribution is -2.45. The SMILES string of the molecule is CCOC(=O)C1=C(C)NC(=O)NC1c1cc(C)cc(COc2ccccc2Br)c1C. The van der Waals surface area contributed by atoms with E-state index < -0.39 is 12.0 Å². The Bertz CT molecular complexity index is 1020. The first-order valence-electron chi connectivity index (χ1n) is 9.74. The van der Waals surface area contributed by atoms with Crippen molar-refractivity contribution in [1.82, 2.24) is 10.6 Å². The minimum absolute atomic E-state index is 0.258. The van der Waals surface area contributed by atoms with E-state index >= 15 is 0 Å². The molecule has 2 N–H and O–H groups in total. The van der Waals surface area contributed by atoms with Gasteiger partial charge in [-0.25, -0.2) is 9.59 Å². The zero-order valence-electron chi connectivity index (χ0n) is 17.5. The van der Waals surface area contributed by atoms with Crippen LogP contribution in [-0.4, -0.2) is 18.6 Å². The molecule has 2 amide bonds. The molecular formula is C23H25BrN2O4. The van der Waals surface area contributed by atoms with Crippen molar-refractivity contribution < 1.29 is 19.1 Å². The lowest BCUT2D eigenvalue weighted by molar-refractivity contribution is -0.139. The Hall–Kier alpha value is -2.80. The van der Waals surface area contributed by atoms with Gasteiger partial charge < -0.3 is 20.1 Å². The molecule has 1 aliphatic rings. The summed E-state index contributed by atoms with van der Waals surface area (Å²) in [5, 5.41) is 5.54. The van der Waals surface area contributed by atoms with Gasteiger partial charge in [0.05, 0.1) is 22.7 Å². The van der Waals surface area contributed by atoms with Gasteiger partial charge in [-0.3, -0.25) is 0 Å². The quantitative estimate of drug-likeness (QED) is 0.589. The maximum absolute atomic E-state index is 12.6. The van der Waals surface area contributed by atoms with E-state index in [1.807, 2.05) is 44.2 Å².